The van der Waals surface area contributed by atoms with Crippen LogP contribution in [-0.4, -0.2) is 64.1 Å². The number of urea groups is 1. The Balaban J connectivity index is 1.62. The van der Waals surface area contributed by atoms with Gasteiger partial charge in [-0.1, -0.05) is 28.1 Å². The highest BCUT2D eigenvalue weighted by Gasteiger charge is 2.32. The summed E-state index contributed by atoms with van der Waals surface area (Å²) in [6.07, 6.45) is 0. The number of methoxy groups -OCH3 is 2. The van der Waals surface area contributed by atoms with Gasteiger partial charge in [-0.15, -0.1) is 0 Å². The van der Waals surface area contributed by atoms with Crippen molar-refractivity contribution in [3.05, 3.63) is 52.5 Å². The fourth-order valence-corrected chi connectivity index (χ4v) is 5.23. The molecule has 1 saturated heterocycles. The summed E-state index contributed by atoms with van der Waals surface area (Å²) in [6, 6.07) is 12.1. The van der Waals surface area contributed by atoms with E-state index in [1.165, 1.54) is 24.6 Å². The van der Waals surface area contributed by atoms with Gasteiger partial charge in [-0.25, -0.2) is 13.2 Å². The first-order chi connectivity index (χ1) is 14.3. The monoisotopic (exact) mass is 497 g/mol. The van der Waals surface area contributed by atoms with Crippen LogP contribution in [0, 0.1) is 0 Å². The van der Waals surface area contributed by atoms with Gasteiger partial charge in [-0.2, -0.15) is 4.31 Å². The summed E-state index contributed by atoms with van der Waals surface area (Å²) in [5.41, 5.74) is 0.976. The Morgan fingerprint density at radius 3 is 2.43 bits per heavy atom. The van der Waals surface area contributed by atoms with Gasteiger partial charge in [0, 0.05) is 43.3 Å². The maximum Gasteiger partial charge on any atom is 0.317 e. The molecule has 0 aliphatic carbocycles. The Morgan fingerprint density at radius 1 is 1.07 bits per heavy atom. The van der Waals surface area contributed by atoms with Crippen LogP contribution in [0.25, 0.3) is 0 Å². The maximum absolute atomic E-state index is 13.1. The second-order valence-corrected chi connectivity index (χ2v) is 9.52. The summed E-state index contributed by atoms with van der Waals surface area (Å²) in [7, 11) is -0.881. The lowest BCUT2D eigenvalue weighted by Gasteiger charge is -2.34. The minimum atomic E-state index is -3.78. The predicted molar refractivity (Wildman–Crippen MR) is 116 cm³/mol. The Bertz CT molecular complexity index is 1010. The molecular weight excluding hydrogens is 474 g/mol. The van der Waals surface area contributed by atoms with Crippen LogP contribution < -0.4 is 14.8 Å². The van der Waals surface area contributed by atoms with Crippen molar-refractivity contribution in [3.63, 3.8) is 0 Å². The predicted octanol–water partition coefficient (Wildman–Crippen LogP) is 2.68. The van der Waals surface area contributed by atoms with Crippen molar-refractivity contribution in [1.29, 1.82) is 0 Å². The Labute approximate surface area is 184 Å². The molecule has 0 radical (unpaired) electrons. The third kappa shape index (κ3) is 5.05. The normalized spacial score (nSPS) is 15.0. The average Bonchev–Trinajstić information content (AvgIpc) is 2.77. The lowest BCUT2D eigenvalue weighted by atomic mass is 10.2. The quantitative estimate of drug-likeness (QED) is 0.662. The molecule has 1 aliphatic heterocycles. The molecule has 3 rings (SSSR count). The van der Waals surface area contributed by atoms with Gasteiger partial charge >= 0.3 is 6.03 Å². The topological polar surface area (TPSA) is 88.2 Å². The minimum absolute atomic E-state index is 0.0527. The number of ether oxygens (including phenoxy) is 2. The molecule has 2 aromatic carbocycles. The molecule has 1 fully saturated rings. The molecule has 30 heavy (non-hydrogen) atoms. The van der Waals surface area contributed by atoms with Gasteiger partial charge in [0.15, 0.2) is 0 Å². The van der Waals surface area contributed by atoms with E-state index < -0.39 is 10.0 Å². The van der Waals surface area contributed by atoms with E-state index in [1.54, 1.807) is 17.0 Å². The van der Waals surface area contributed by atoms with E-state index >= 15 is 0 Å². The van der Waals surface area contributed by atoms with Crippen LogP contribution in [-0.2, 0) is 16.6 Å². The van der Waals surface area contributed by atoms with E-state index in [-0.39, 0.29) is 29.8 Å². The molecule has 0 atom stereocenters. The van der Waals surface area contributed by atoms with Crippen LogP contribution in [0.2, 0.25) is 0 Å². The number of nitrogens with one attached hydrogen (secondary N) is 1. The van der Waals surface area contributed by atoms with Crippen LogP contribution in [0.1, 0.15) is 5.56 Å². The van der Waals surface area contributed by atoms with E-state index in [0.29, 0.717) is 25.4 Å². The Morgan fingerprint density at radius 2 is 1.80 bits per heavy atom. The van der Waals surface area contributed by atoms with E-state index in [9.17, 15) is 13.2 Å². The minimum Gasteiger partial charge on any atom is -0.497 e. The van der Waals surface area contributed by atoms with E-state index in [0.717, 1.165) is 10.0 Å². The highest BCUT2D eigenvalue weighted by atomic mass is 79.9. The number of hydrogen-bond acceptors (Lipinski definition) is 5. The Hall–Kier alpha value is -2.30. The Kier molecular flexibility index (Phi) is 7.22. The molecule has 1 heterocycles. The zero-order valence-electron chi connectivity index (χ0n) is 16.8. The highest BCUT2D eigenvalue weighted by Crippen LogP contribution is 2.31. The van der Waals surface area contributed by atoms with Crippen molar-refractivity contribution in [2.45, 2.75) is 11.4 Å². The summed E-state index contributed by atoms with van der Waals surface area (Å²) in [6.45, 7) is 1.41. The molecule has 1 N–H and O–H groups in total. The molecule has 10 heteroatoms. The smallest absolute Gasteiger partial charge is 0.317 e. The van der Waals surface area contributed by atoms with Gasteiger partial charge in [0.25, 0.3) is 0 Å². The van der Waals surface area contributed by atoms with Crippen molar-refractivity contribution in [3.8, 4) is 11.5 Å². The second kappa shape index (κ2) is 9.67. The van der Waals surface area contributed by atoms with Crippen LogP contribution in [0.3, 0.4) is 0 Å². The van der Waals surface area contributed by atoms with Crippen LogP contribution in [0.4, 0.5) is 4.79 Å². The standard InChI is InChI=1S/C20H24BrN3O5S/c1-28-17-6-7-18(29-2)19(13-17)30(26,27)24-10-8-23(9-11-24)20(25)22-14-15-4-3-5-16(21)12-15/h3-7,12-13H,8-11,14H2,1-2H3,(H,22,25). The number of halogens is 1. The molecule has 0 saturated carbocycles. The summed E-state index contributed by atoms with van der Waals surface area (Å²) in [5, 5.41) is 2.88. The number of benzene rings is 2. The van der Waals surface area contributed by atoms with Gasteiger partial charge in [0.2, 0.25) is 10.0 Å². The molecule has 0 bridgehead atoms. The number of hydrogen-bond donors (Lipinski definition) is 1. The van der Waals surface area contributed by atoms with Gasteiger partial charge in [0.05, 0.1) is 14.2 Å². The van der Waals surface area contributed by atoms with Crippen molar-refractivity contribution in [2.75, 3.05) is 40.4 Å². The molecule has 162 valence electrons. The van der Waals surface area contributed by atoms with Crippen molar-refractivity contribution < 1.29 is 22.7 Å². The van der Waals surface area contributed by atoms with E-state index in [1.807, 2.05) is 24.3 Å². The summed E-state index contributed by atoms with van der Waals surface area (Å²) < 4.78 is 38.9. The number of amides is 2. The fourth-order valence-electron chi connectivity index (χ4n) is 3.19. The van der Waals surface area contributed by atoms with Crippen molar-refractivity contribution >= 4 is 32.0 Å². The molecular formula is C20H24BrN3O5S. The van der Waals surface area contributed by atoms with Crippen LogP contribution in [0.5, 0.6) is 11.5 Å². The first kappa shape index (κ1) is 22.4. The lowest BCUT2D eigenvalue weighted by Crippen LogP contribution is -2.53. The highest BCUT2D eigenvalue weighted by molar-refractivity contribution is 9.10. The first-order valence-electron chi connectivity index (χ1n) is 9.34. The molecule has 2 aromatic rings. The van der Waals surface area contributed by atoms with Crippen molar-refractivity contribution in [2.24, 2.45) is 0 Å². The second-order valence-electron chi connectivity index (χ2n) is 6.70. The SMILES string of the molecule is COc1ccc(OC)c(S(=O)(=O)N2CCN(C(=O)NCc3cccc(Br)c3)CC2)c1. The largest absolute Gasteiger partial charge is 0.497 e. The summed E-state index contributed by atoms with van der Waals surface area (Å²) >= 11 is 3.41. The number of sulfonamides is 1. The first-order valence-corrected chi connectivity index (χ1v) is 11.6. The molecule has 1 aliphatic rings. The van der Waals surface area contributed by atoms with E-state index in [4.69, 9.17) is 9.47 Å². The summed E-state index contributed by atoms with van der Waals surface area (Å²) in [4.78, 5) is 14.1. The molecule has 0 unspecified atom stereocenters. The number of carbonyl (C=O) groups is 1. The zero-order chi connectivity index (χ0) is 21.7. The number of nitrogens with zero attached hydrogens (tertiary/aromatic N) is 2. The van der Waals surface area contributed by atoms with Gasteiger partial charge in [0.1, 0.15) is 16.4 Å². The summed E-state index contributed by atoms with van der Waals surface area (Å²) in [5.74, 6) is 0.685. The van der Waals surface area contributed by atoms with Crippen LogP contribution >= 0.6 is 15.9 Å². The lowest BCUT2D eigenvalue weighted by molar-refractivity contribution is 0.172. The molecule has 2 amide bonds. The molecule has 0 aromatic heterocycles. The van der Waals surface area contributed by atoms with Gasteiger partial charge in [-0.3, -0.25) is 0 Å². The van der Waals surface area contributed by atoms with Gasteiger partial charge < -0.3 is 19.7 Å². The maximum atomic E-state index is 13.1. The fraction of sp³-hybridized carbons (Fsp3) is 0.350. The number of piperazine rings is 1. The third-order valence-corrected chi connectivity index (χ3v) is 7.26. The van der Waals surface area contributed by atoms with Gasteiger partial charge in [-0.05, 0) is 29.8 Å². The van der Waals surface area contributed by atoms with Crippen molar-refractivity contribution in [1.82, 2.24) is 14.5 Å². The molecule has 8 nitrogen and oxygen atoms in total. The molecule has 0 spiro atoms. The third-order valence-electron chi connectivity index (χ3n) is 4.85. The zero-order valence-corrected chi connectivity index (χ0v) is 19.2. The average molecular weight is 498 g/mol. The number of rotatable bonds is 6. The van der Waals surface area contributed by atoms with E-state index in [2.05, 4.69) is 21.2 Å². The van der Waals surface area contributed by atoms with Crippen LogP contribution in [0.15, 0.2) is 51.8 Å². The number of carbonyl (C=O) groups excluding carboxylic acids is 1.